The van der Waals surface area contributed by atoms with E-state index in [4.69, 9.17) is 9.47 Å². The Bertz CT molecular complexity index is 1350. The Morgan fingerprint density at radius 1 is 1.02 bits per heavy atom. The largest absolute Gasteiger partial charge is 0.504 e. The molecule has 0 amide bonds. The number of aliphatic hydroxyl groups excluding tert-OH is 1. The maximum absolute atomic E-state index is 11.0. The van der Waals surface area contributed by atoms with Crippen LogP contribution >= 0.6 is 0 Å². The number of phenolic OH excluding ortho intramolecular Hbond substituents is 1. The van der Waals surface area contributed by atoms with Gasteiger partial charge in [0.25, 0.3) is 0 Å². The van der Waals surface area contributed by atoms with Gasteiger partial charge in [0.2, 0.25) is 0 Å². The lowest BCUT2D eigenvalue weighted by atomic mass is 9.47. The number of nitrogens with one attached hydrogen (secondary N) is 1. The van der Waals surface area contributed by atoms with Gasteiger partial charge in [-0.2, -0.15) is 0 Å². The molecule has 220 valence electrons. The molecule has 3 N–H and O–H groups in total. The number of hydrogen-bond acceptors (Lipinski definition) is 5. The van der Waals surface area contributed by atoms with Gasteiger partial charge in [-0.1, -0.05) is 51.5 Å². The molecule has 0 aromatic heterocycles. The van der Waals surface area contributed by atoms with Crippen LogP contribution in [0, 0.1) is 40.4 Å². The Balaban J connectivity index is 1.12. The van der Waals surface area contributed by atoms with Crippen molar-refractivity contribution in [1.29, 1.82) is 0 Å². The Morgan fingerprint density at radius 2 is 1.85 bits per heavy atom. The highest BCUT2D eigenvalue weighted by Crippen LogP contribution is 2.67. The molecule has 41 heavy (non-hydrogen) atoms. The van der Waals surface area contributed by atoms with Crippen LogP contribution in [0.1, 0.15) is 85.5 Å². The topological polar surface area (TPSA) is 71.0 Å². The lowest BCUT2D eigenvalue weighted by molar-refractivity contribution is -0.0654. The minimum Gasteiger partial charge on any atom is -0.504 e. The van der Waals surface area contributed by atoms with Crippen LogP contribution in [0.4, 0.5) is 11.4 Å². The molecular formula is C36H47NO4. The van der Waals surface area contributed by atoms with Gasteiger partial charge in [0, 0.05) is 0 Å². The first-order valence-electron chi connectivity index (χ1n) is 16.2. The number of phenols is 1. The molecule has 9 atom stereocenters. The maximum atomic E-state index is 11.0. The molecule has 1 aliphatic heterocycles. The molecule has 0 saturated heterocycles. The fraction of sp³-hybridized carbons (Fsp3) is 0.611. The van der Waals surface area contributed by atoms with Gasteiger partial charge < -0.3 is 25.0 Å². The molecule has 5 nitrogen and oxygen atoms in total. The van der Waals surface area contributed by atoms with Crippen molar-refractivity contribution in [1.82, 2.24) is 0 Å². The fourth-order valence-corrected chi connectivity index (χ4v) is 10.3. The van der Waals surface area contributed by atoms with Gasteiger partial charge in [-0.3, -0.25) is 0 Å². The Kier molecular flexibility index (Phi) is 6.61. The molecule has 3 saturated carbocycles. The Morgan fingerprint density at radius 3 is 2.68 bits per heavy atom. The quantitative estimate of drug-likeness (QED) is 0.273. The zero-order chi connectivity index (χ0) is 28.5. The molecule has 7 rings (SSSR count). The second-order valence-electron chi connectivity index (χ2n) is 14.3. The van der Waals surface area contributed by atoms with Crippen molar-refractivity contribution in [2.24, 2.45) is 40.4 Å². The van der Waals surface area contributed by atoms with Crippen LogP contribution < -0.4 is 14.8 Å². The molecule has 1 heterocycles. The van der Waals surface area contributed by atoms with Crippen LogP contribution in [0.3, 0.4) is 0 Å². The number of allylic oxidation sites excluding steroid dienone is 1. The van der Waals surface area contributed by atoms with Crippen molar-refractivity contribution in [2.45, 2.75) is 97.7 Å². The molecule has 3 fully saturated rings. The summed E-state index contributed by atoms with van der Waals surface area (Å²) in [5, 5.41) is 24.8. The predicted octanol–water partition coefficient (Wildman–Crippen LogP) is 8.97. The van der Waals surface area contributed by atoms with Crippen molar-refractivity contribution < 1.29 is 19.7 Å². The van der Waals surface area contributed by atoms with Crippen LogP contribution in [0.15, 0.2) is 48.0 Å². The van der Waals surface area contributed by atoms with Crippen molar-refractivity contribution in [3.05, 3.63) is 48.0 Å². The number of fused-ring (bicyclic) bond motifs is 7. The average molecular weight is 558 g/mol. The van der Waals surface area contributed by atoms with E-state index in [2.05, 4.69) is 39.1 Å². The maximum Gasteiger partial charge on any atom is 0.188 e. The minimum atomic E-state index is -0.145. The van der Waals surface area contributed by atoms with E-state index in [9.17, 15) is 10.2 Å². The highest BCUT2D eigenvalue weighted by molar-refractivity contribution is 5.82. The summed E-state index contributed by atoms with van der Waals surface area (Å²) in [7, 11) is 0. The zero-order valence-corrected chi connectivity index (χ0v) is 25.2. The highest BCUT2D eigenvalue weighted by Gasteiger charge is 2.59. The van der Waals surface area contributed by atoms with E-state index in [0.29, 0.717) is 34.4 Å². The van der Waals surface area contributed by atoms with Crippen molar-refractivity contribution in [2.75, 3.05) is 5.32 Å². The lowest BCUT2D eigenvalue weighted by Crippen LogP contribution is -2.51. The molecule has 0 bridgehead atoms. The summed E-state index contributed by atoms with van der Waals surface area (Å²) in [5.41, 5.74) is 3.73. The summed E-state index contributed by atoms with van der Waals surface area (Å²) in [6.45, 7) is 9.72. The molecule has 5 heteroatoms. The van der Waals surface area contributed by atoms with Crippen molar-refractivity contribution in [3.8, 4) is 23.0 Å². The van der Waals surface area contributed by atoms with Gasteiger partial charge in [0.15, 0.2) is 23.0 Å². The number of benzene rings is 2. The molecule has 0 spiro atoms. The van der Waals surface area contributed by atoms with Crippen LogP contribution in [-0.4, -0.2) is 22.4 Å². The van der Waals surface area contributed by atoms with Crippen molar-refractivity contribution >= 4 is 11.4 Å². The second kappa shape index (κ2) is 9.97. The Hall–Kier alpha value is -2.66. The highest BCUT2D eigenvalue weighted by atomic mass is 16.5. The van der Waals surface area contributed by atoms with Gasteiger partial charge >= 0.3 is 0 Å². The first kappa shape index (κ1) is 27.2. The number of anilines is 2. The van der Waals surface area contributed by atoms with Crippen LogP contribution in [0.25, 0.3) is 0 Å². The van der Waals surface area contributed by atoms with Gasteiger partial charge in [0.05, 0.1) is 11.8 Å². The molecule has 5 aliphatic rings. The summed E-state index contributed by atoms with van der Waals surface area (Å²) in [6.07, 6.45) is 12.6. The van der Waals surface area contributed by atoms with Crippen LogP contribution in [0.5, 0.6) is 23.0 Å². The molecule has 2 aromatic carbocycles. The first-order chi connectivity index (χ1) is 19.7. The van der Waals surface area contributed by atoms with E-state index in [1.807, 2.05) is 30.3 Å². The summed E-state index contributed by atoms with van der Waals surface area (Å²) in [4.78, 5) is 0. The average Bonchev–Trinajstić information content (AvgIpc) is 3.33. The fourth-order valence-electron chi connectivity index (χ4n) is 10.3. The van der Waals surface area contributed by atoms with Gasteiger partial charge in [-0.25, -0.2) is 0 Å². The van der Waals surface area contributed by atoms with Gasteiger partial charge in [-0.15, -0.1) is 0 Å². The van der Waals surface area contributed by atoms with E-state index in [-0.39, 0.29) is 23.4 Å². The predicted molar refractivity (Wildman–Crippen MR) is 163 cm³/mol. The third-order valence-electron chi connectivity index (χ3n) is 12.5. The molecule has 4 aliphatic carbocycles. The number of aliphatic hydroxyl groups is 1. The molecule has 1 unspecified atom stereocenters. The first-order valence-corrected chi connectivity index (χ1v) is 16.2. The molecular weight excluding hydrogens is 510 g/mol. The number of rotatable bonds is 5. The SMILES string of the molecule is CCC(Oc1c(O)ccc2c1Nc1ccccc1O2)[C@@H](C)[C@H]1CC[C@H]2[C@@H]3CC=C4C[C@@H](O)CC[C@]4(C)[C@H]3CC[C@]12C. The number of ether oxygens (including phenoxy) is 2. The number of para-hydroxylation sites is 2. The van der Waals surface area contributed by atoms with E-state index in [1.165, 1.54) is 32.1 Å². The van der Waals surface area contributed by atoms with Crippen LogP contribution in [-0.2, 0) is 0 Å². The number of aromatic hydroxyl groups is 1. The Labute approximate surface area is 245 Å². The van der Waals surface area contributed by atoms with Gasteiger partial charge in [0.1, 0.15) is 11.8 Å². The normalized spacial score (nSPS) is 36.6. The van der Waals surface area contributed by atoms with E-state index >= 15 is 0 Å². The molecule has 2 aromatic rings. The monoisotopic (exact) mass is 557 g/mol. The van der Waals surface area contributed by atoms with Crippen LogP contribution in [0.2, 0.25) is 0 Å². The summed E-state index contributed by atoms with van der Waals surface area (Å²) >= 11 is 0. The van der Waals surface area contributed by atoms with Crippen molar-refractivity contribution in [3.63, 3.8) is 0 Å². The minimum absolute atomic E-state index is 0.000118. The van der Waals surface area contributed by atoms with E-state index in [1.54, 1.807) is 11.6 Å². The zero-order valence-electron chi connectivity index (χ0n) is 25.2. The third-order valence-corrected chi connectivity index (χ3v) is 12.5. The summed E-state index contributed by atoms with van der Waals surface area (Å²) in [5.74, 6) is 5.32. The van der Waals surface area contributed by atoms with E-state index < -0.39 is 0 Å². The second-order valence-corrected chi connectivity index (χ2v) is 14.3. The lowest BCUT2D eigenvalue weighted by Gasteiger charge is -2.58. The van der Waals surface area contributed by atoms with Gasteiger partial charge in [-0.05, 0) is 122 Å². The summed E-state index contributed by atoms with van der Waals surface area (Å²) < 4.78 is 12.9. The smallest absolute Gasteiger partial charge is 0.188 e. The molecule has 0 radical (unpaired) electrons. The van der Waals surface area contributed by atoms with E-state index in [0.717, 1.165) is 54.9 Å². The standard InChI is InChI=1S/C36H47NO4/c1-5-30(41-34-29(39)14-15-32-33(34)37-28-8-6-7-9-31(28)40-32)21(2)25-12-13-26-24-11-10-22-20-23(38)16-18-35(22,3)27(24)17-19-36(25,26)4/h6-10,14-15,21,23-27,30,37-39H,5,11-13,16-20H2,1-4H3/t21-,23-,24-,25+,26-,27-,30?,35-,36+/m0/s1. The third kappa shape index (κ3) is 4.20. The summed E-state index contributed by atoms with van der Waals surface area (Å²) in [6, 6.07) is 11.4. The number of hydrogen-bond donors (Lipinski definition) is 3.